The minimum Gasteiger partial charge on any atom is -0.387 e. The maximum atomic E-state index is 10.3. The highest BCUT2D eigenvalue weighted by Crippen LogP contribution is 2.24. The summed E-state index contributed by atoms with van der Waals surface area (Å²) in [5.41, 5.74) is 0.901. The molecule has 0 aromatic carbocycles. The first-order valence-electron chi connectivity index (χ1n) is 6.12. The third-order valence-electron chi connectivity index (χ3n) is 2.75. The molecule has 0 radical (unpaired) electrons. The van der Waals surface area contributed by atoms with Crippen LogP contribution in [0.25, 0.3) is 0 Å². The van der Waals surface area contributed by atoms with E-state index in [4.69, 9.17) is 0 Å². The molecular weight excluding hydrogens is 250 g/mol. The predicted octanol–water partition coefficient (Wildman–Crippen LogP) is 1.38. The average Bonchev–Trinajstić information content (AvgIpc) is 2.98. The van der Waals surface area contributed by atoms with Gasteiger partial charge in [0.1, 0.15) is 12.2 Å². The van der Waals surface area contributed by atoms with Gasteiger partial charge in [0.15, 0.2) is 0 Å². The molecule has 1 unspecified atom stereocenters. The molecule has 0 aliphatic rings. The molecule has 7 heteroatoms. The van der Waals surface area contributed by atoms with Crippen molar-refractivity contribution in [2.24, 2.45) is 0 Å². The summed E-state index contributed by atoms with van der Waals surface area (Å²) in [4.78, 5) is 5.02. The summed E-state index contributed by atoms with van der Waals surface area (Å²) in [6, 6.07) is 0. The molecule has 1 N–H and O–H groups in total. The van der Waals surface area contributed by atoms with Crippen molar-refractivity contribution in [2.75, 3.05) is 0 Å². The van der Waals surface area contributed by atoms with Gasteiger partial charge >= 0.3 is 0 Å². The van der Waals surface area contributed by atoms with Gasteiger partial charge in [-0.2, -0.15) is 5.10 Å². The van der Waals surface area contributed by atoms with E-state index < -0.39 is 6.10 Å². The molecule has 2 aromatic heterocycles. The Labute approximate surface area is 110 Å². The van der Waals surface area contributed by atoms with Crippen molar-refractivity contribution in [3.05, 3.63) is 22.7 Å². The van der Waals surface area contributed by atoms with E-state index >= 15 is 0 Å². The van der Waals surface area contributed by atoms with E-state index in [0.717, 1.165) is 35.8 Å². The highest BCUT2D eigenvalue weighted by Gasteiger charge is 2.19. The number of nitrogens with zero attached hydrogens (tertiary/aromatic N) is 5. The van der Waals surface area contributed by atoms with Crippen LogP contribution in [0.3, 0.4) is 0 Å². The van der Waals surface area contributed by atoms with Crippen LogP contribution in [-0.2, 0) is 19.4 Å². The molecule has 0 saturated heterocycles. The van der Waals surface area contributed by atoms with Crippen LogP contribution in [0.4, 0.5) is 0 Å². The van der Waals surface area contributed by atoms with E-state index in [-0.39, 0.29) is 0 Å². The van der Waals surface area contributed by atoms with Crippen LogP contribution in [0, 0.1) is 0 Å². The van der Waals surface area contributed by atoms with E-state index in [1.165, 1.54) is 17.9 Å². The smallest absolute Gasteiger partial charge is 0.138 e. The number of aliphatic hydroxyl groups is 1. The minimum absolute atomic E-state index is 0.453. The average molecular weight is 267 g/mol. The third kappa shape index (κ3) is 2.73. The third-order valence-corrected chi connectivity index (χ3v) is 3.61. The lowest BCUT2D eigenvalue weighted by atomic mass is 10.1. The second kappa shape index (κ2) is 6.01. The van der Waals surface area contributed by atoms with Crippen molar-refractivity contribution in [1.82, 2.24) is 24.4 Å². The second-order valence-electron chi connectivity index (χ2n) is 4.05. The summed E-state index contributed by atoms with van der Waals surface area (Å²) in [7, 11) is 0. The zero-order chi connectivity index (χ0) is 13.0. The molecule has 0 bridgehead atoms. The van der Waals surface area contributed by atoms with E-state index in [1.807, 2.05) is 6.92 Å². The van der Waals surface area contributed by atoms with Crippen molar-refractivity contribution in [1.29, 1.82) is 0 Å². The minimum atomic E-state index is -0.596. The van der Waals surface area contributed by atoms with Crippen LogP contribution in [-0.4, -0.2) is 29.5 Å². The molecule has 18 heavy (non-hydrogen) atoms. The van der Waals surface area contributed by atoms with Crippen molar-refractivity contribution in [2.45, 2.75) is 45.8 Å². The monoisotopic (exact) mass is 267 g/mol. The van der Waals surface area contributed by atoms with Gasteiger partial charge in [0, 0.05) is 13.0 Å². The largest absolute Gasteiger partial charge is 0.387 e. The van der Waals surface area contributed by atoms with Gasteiger partial charge in [0.25, 0.3) is 0 Å². The Hall–Kier alpha value is -1.34. The van der Waals surface area contributed by atoms with Crippen LogP contribution in [0.15, 0.2) is 6.33 Å². The lowest BCUT2D eigenvalue weighted by Crippen LogP contribution is -2.10. The molecule has 0 amide bonds. The van der Waals surface area contributed by atoms with E-state index in [9.17, 15) is 5.11 Å². The van der Waals surface area contributed by atoms with Crippen molar-refractivity contribution >= 4 is 11.5 Å². The summed E-state index contributed by atoms with van der Waals surface area (Å²) in [5.74, 6) is 0.792. The Morgan fingerprint density at radius 3 is 3.00 bits per heavy atom. The SMILES string of the molecule is CCCc1nnsc1C(O)Cc1ncnn1CC. The van der Waals surface area contributed by atoms with Gasteiger partial charge in [-0.15, -0.1) is 5.10 Å². The topological polar surface area (TPSA) is 76.7 Å². The van der Waals surface area contributed by atoms with Gasteiger partial charge in [-0.05, 0) is 24.9 Å². The number of hydrogen-bond donors (Lipinski definition) is 1. The maximum Gasteiger partial charge on any atom is 0.138 e. The fourth-order valence-electron chi connectivity index (χ4n) is 1.85. The Morgan fingerprint density at radius 2 is 2.28 bits per heavy atom. The molecule has 2 rings (SSSR count). The summed E-state index contributed by atoms with van der Waals surface area (Å²) in [5, 5.41) is 18.4. The Balaban J connectivity index is 2.11. The fraction of sp³-hybridized carbons (Fsp3) is 0.636. The first kappa shape index (κ1) is 13.1. The molecule has 0 spiro atoms. The van der Waals surface area contributed by atoms with Gasteiger partial charge in [-0.3, -0.25) is 4.68 Å². The van der Waals surface area contributed by atoms with Gasteiger partial charge in [-0.1, -0.05) is 17.8 Å². The Bertz CT molecular complexity index is 495. The molecule has 0 fully saturated rings. The summed E-state index contributed by atoms with van der Waals surface area (Å²) in [6.45, 7) is 4.84. The van der Waals surface area contributed by atoms with E-state index in [2.05, 4.69) is 26.6 Å². The Morgan fingerprint density at radius 1 is 1.44 bits per heavy atom. The second-order valence-corrected chi connectivity index (χ2v) is 4.83. The van der Waals surface area contributed by atoms with Crippen molar-refractivity contribution < 1.29 is 5.11 Å². The number of hydrogen-bond acceptors (Lipinski definition) is 6. The molecule has 2 heterocycles. The molecule has 0 saturated carbocycles. The first-order chi connectivity index (χ1) is 8.76. The molecule has 98 valence electrons. The number of aliphatic hydroxyl groups excluding tert-OH is 1. The number of aromatic nitrogens is 5. The maximum absolute atomic E-state index is 10.3. The van der Waals surface area contributed by atoms with Gasteiger partial charge in [0.05, 0.1) is 16.7 Å². The Kier molecular flexibility index (Phi) is 4.38. The molecule has 0 aliphatic heterocycles. The van der Waals surface area contributed by atoms with E-state index in [0.29, 0.717) is 6.42 Å². The van der Waals surface area contributed by atoms with Crippen LogP contribution in [0.2, 0.25) is 0 Å². The lowest BCUT2D eigenvalue weighted by Gasteiger charge is -2.09. The van der Waals surface area contributed by atoms with Crippen LogP contribution < -0.4 is 0 Å². The first-order valence-corrected chi connectivity index (χ1v) is 6.89. The van der Waals surface area contributed by atoms with Crippen molar-refractivity contribution in [3.8, 4) is 0 Å². The van der Waals surface area contributed by atoms with Crippen LogP contribution in [0.5, 0.6) is 0 Å². The summed E-state index contributed by atoms with van der Waals surface area (Å²) in [6.07, 6.45) is 3.22. The standard InChI is InChI=1S/C11H17N5OS/c1-3-5-8-11(18-15-14-8)9(17)6-10-12-7-13-16(10)4-2/h7,9,17H,3-6H2,1-2H3. The zero-order valence-corrected chi connectivity index (χ0v) is 11.4. The van der Waals surface area contributed by atoms with E-state index in [1.54, 1.807) is 4.68 Å². The van der Waals surface area contributed by atoms with Gasteiger partial charge < -0.3 is 5.11 Å². The summed E-state index contributed by atoms with van der Waals surface area (Å²) < 4.78 is 5.71. The number of rotatable bonds is 6. The summed E-state index contributed by atoms with van der Waals surface area (Å²) >= 11 is 1.26. The normalized spacial score (nSPS) is 12.8. The van der Waals surface area contributed by atoms with Crippen LogP contribution >= 0.6 is 11.5 Å². The van der Waals surface area contributed by atoms with Crippen LogP contribution in [0.1, 0.15) is 42.8 Å². The quantitative estimate of drug-likeness (QED) is 0.855. The highest BCUT2D eigenvalue weighted by atomic mass is 32.1. The lowest BCUT2D eigenvalue weighted by molar-refractivity contribution is 0.176. The fourth-order valence-corrected chi connectivity index (χ4v) is 2.54. The molecule has 1 atom stereocenters. The number of aryl methyl sites for hydroxylation is 2. The molecular formula is C11H17N5OS. The van der Waals surface area contributed by atoms with Gasteiger partial charge in [0.2, 0.25) is 0 Å². The zero-order valence-electron chi connectivity index (χ0n) is 10.6. The highest BCUT2D eigenvalue weighted by molar-refractivity contribution is 7.05. The molecule has 2 aromatic rings. The molecule has 6 nitrogen and oxygen atoms in total. The molecule has 0 aliphatic carbocycles. The van der Waals surface area contributed by atoms with Gasteiger partial charge in [-0.25, -0.2) is 4.98 Å². The predicted molar refractivity (Wildman–Crippen MR) is 68.3 cm³/mol. The van der Waals surface area contributed by atoms with Crippen molar-refractivity contribution in [3.63, 3.8) is 0 Å².